The predicted octanol–water partition coefficient (Wildman–Crippen LogP) is 1.80. The zero-order valence-corrected chi connectivity index (χ0v) is 8.79. The minimum atomic E-state index is -0.110. The van der Waals surface area contributed by atoms with E-state index in [9.17, 15) is 5.11 Å². The number of aliphatic hydroxyl groups excluding tert-OH is 1. The minimum absolute atomic E-state index is 0.110. The molecule has 76 valence electrons. The van der Waals surface area contributed by atoms with Crippen LogP contribution in [0.1, 0.15) is 33.1 Å². The minimum Gasteiger partial charge on any atom is -0.392 e. The van der Waals surface area contributed by atoms with Gasteiger partial charge in [0.2, 0.25) is 0 Å². The molecule has 0 unspecified atom stereocenters. The first-order valence-corrected chi connectivity index (χ1v) is 5.16. The normalized spacial score (nSPS) is 30.4. The van der Waals surface area contributed by atoms with Crippen molar-refractivity contribution in [2.45, 2.75) is 45.3 Å². The van der Waals surface area contributed by atoms with E-state index in [0.29, 0.717) is 6.04 Å². The van der Waals surface area contributed by atoms with Gasteiger partial charge in [-0.2, -0.15) is 0 Å². The molecule has 1 rings (SSSR count). The zero-order valence-electron chi connectivity index (χ0n) is 8.79. The summed E-state index contributed by atoms with van der Waals surface area (Å²) in [5, 5.41) is 9.50. The number of nitrogens with zero attached hydrogens (tertiary/aromatic N) is 1. The van der Waals surface area contributed by atoms with Crippen LogP contribution in [0.4, 0.5) is 0 Å². The molecule has 2 heteroatoms. The van der Waals surface area contributed by atoms with Crippen LogP contribution >= 0.6 is 0 Å². The topological polar surface area (TPSA) is 23.5 Å². The van der Waals surface area contributed by atoms with Crippen molar-refractivity contribution in [2.24, 2.45) is 0 Å². The molecule has 0 saturated carbocycles. The Morgan fingerprint density at radius 2 is 2.23 bits per heavy atom. The Morgan fingerprint density at radius 1 is 1.54 bits per heavy atom. The number of piperidine rings is 1. The number of β-amino-alcohol motifs (C(OH)–C–C–N with tert-alkyl or cyclic N) is 1. The molecule has 0 aromatic carbocycles. The molecular weight excluding hydrogens is 162 g/mol. The third-order valence-electron chi connectivity index (χ3n) is 2.81. The molecule has 2 atom stereocenters. The van der Waals surface area contributed by atoms with Crippen LogP contribution in [0.2, 0.25) is 0 Å². The second-order valence-corrected chi connectivity index (χ2v) is 4.28. The molecule has 1 saturated heterocycles. The summed E-state index contributed by atoms with van der Waals surface area (Å²) in [7, 11) is 0. The second-order valence-electron chi connectivity index (χ2n) is 4.28. The van der Waals surface area contributed by atoms with Gasteiger partial charge >= 0.3 is 0 Å². The summed E-state index contributed by atoms with van der Waals surface area (Å²) in [5.74, 6) is 0. The highest BCUT2D eigenvalue weighted by Crippen LogP contribution is 2.17. The van der Waals surface area contributed by atoms with Crippen LogP contribution in [0.3, 0.4) is 0 Å². The average Bonchev–Trinajstić information content (AvgIpc) is 2.06. The van der Waals surface area contributed by atoms with Crippen molar-refractivity contribution in [3.05, 3.63) is 12.2 Å². The van der Waals surface area contributed by atoms with Gasteiger partial charge in [0.15, 0.2) is 0 Å². The number of hydrogen-bond donors (Lipinski definition) is 1. The number of aliphatic hydroxyl groups is 1. The van der Waals surface area contributed by atoms with Crippen LogP contribution < -0.4 is 0 Å². The van der Waals surface area contributed by atoms with Crippen molar-refractivity contribution in [1.82, 2.24) is 4.90 Å². The van der Waals surface area contributed by atoms with Crippen LogP contribution in [0.5, 0.6) is 0 Å². The summed E-state index contributed by atoms with van der Waals surface area (Å²) in [6.45, 7) is 10.1. The lowest BCUT2D eigenvalue weighted by Crippen LogP contribution is -2.44. The maximum atomic E-state index is 9.50. The molecule has 0 aliphatic carbocycles. The SMILES string of the molecule is C=C(C)CCN1C[C@H](O)CC[C@H]1C. The monoisotopic (exact) mass is 183 g/mol. The molecule has 0 aromatic heterocycles. The predicted molar refractivity (Wildman–Crippen MR) is 55.7 cm³/mol. The Balaban J connectivity index is 2.33. The fourth-order valence-electron chi connectivity index (χ4n) is 1.80. The molecule has 0 bridgehead atoms. The van der Waals surface area contributed by atoms with E-state index in [4.69, 9.17) is 0 Å². The van der Waals surface area contributed by atoms with E-state index in [-0.39, 0.29) is 6.10 Å². The Labute approximate surface area is 81.2 Å². The van der Waals surface area contributed by atoms with Gasteiger partial charge in [-0.15, -0.1) is 6.58 Å². The van der Waals surface area contributed by atoms with E-state index < -0.39 is 0 Å². The van der Waals surface area contributed by atoms with Crippen molar-refractivity contribution in [3.8, 4) is 0 Å². The third-order valence-corrected chi connectivity index (χ3v) is 2.81. The van der Waals surface area contributed by atoms with Gasteiger partial charge in [-0.3, -0.25) is 4.90 Å². The molecular formula is C11H21NO. The van der Waals surface area contributed by atoms with E-state index in [1.54, 1.807) is 0 Å². The van der Waals surface area contributed by atoms with Crippen molar-refractivity contribution in [3.63, 3.8) is 0 Å². The Kier molecular flexibility index (Phi) is 3.94. The highest BCUT2D eigenvalue weighted by Gasteiger charge is 2.22. The van der Waals surface area contributed by atoms with E-state index in [1.165, 1.54) is 5.57 Å². The highest BCUT2D eigenvalue weighted by atomic mass is 16.3. The first-order valence-electron chi connectivity index (χ1n) is 5.16. The molecule has 1 aliphatic rings. The summed E-state index contributed by atoms with van der Waals surface area (Å²) in [4.78, 5) is 2.36. The van der Waals surface area contributed by atoms with Gasteiger partial charge in [0.1, 0.15) is 0 Å². The van der Waals surface area contributed by atoms with E-state index in [0.717, 1.165) is 32.4 Å². The quantitative estimate of drug-likeness (QED) is 0.674. The van der Waals surface area contributed by atoms with E-state index in [1.807, 2.05) is 0 Å². The first-order chi connectivity index (χ1) is 6.09. The maximum absolute atomic E-state index is 9.50. The molecule has 0 amide bonds. The molecule has 2 nitrogen and oxygen atoms in total. The summed E-state index contributed by atoms with van der Waals surface area (Å²) < 4.78 is 0. The van der Waals surface area contributed by atoms with E-state index in [2.05, 4.69) is 25.3 Å². The third kappa shape index (κ3) is 3.49. The summed E-state index contributed by atoms with van der Waals surface area (Å²) in [6, 6.07) is 0.628. The number of hydrogen-bond acceptors (Lipinski definition) is 2. The lowest BCUT2D eigenvalue weighted by Gasteiger charge is -2.36. The van der Waals surface area contributed by atoms with Crippen molar-refractivity contribution in [2.75, 3.05) is 13.1 Å². The molecule has 1 heterocycles. The van der Waals surface area contributed by atoms with Gasteiger partial charge in [-0.05, 0) is 33.1 Å². The van der Waals surface area contributed by atoms with Crippen LogP contribution in [0.25, 0.3) is 0 Å². The Morgan fingerprint density at radius 3 is 2.85 bits per heavy atom. The molecule has 0 radical (unpaired) electrons. The van der Waals surface area contributed by atoms with Gasteiger partial charge in [0, 0.05) is 19.1 Å². The molecule has 0 spiro atoms. The van der Waals surface area contributed by atoms with E-state index >= 15 is 0 Å². The van der Waals surface area contributed by atoms with Gasteiger partial charge in [-0.1, -0.05) is 5.57 Å². The largest absolute Gasteiger partial charge is 0.392 e. The number of rotatable bonds is 3. The molecule has 1 aliphatic heterocycles. The number of likely N-dealkylation sites (tertiary alicyclic amines) is 1. The van der Waals surface area contributed by atoms with Gasteiger partial charge in [0.25, 0.3) is 0 Å². The Bertz CT molecular complexity index is 179. The van der Waals surface area contributed by atoms with Crippen molar-refractivity contribution >= 4 is 0 Å². The lowest BCUT2D eigenvalue weighted by molar-refractivity contribution is 0.0418. The van der Waals surface area contributed by atoms with Crippen LogP contribution in [-0.4, -0.2) is 35.2 Å². The highest BCUT2D eigenvalue weighted by molar-refractivity contribution is 4.90. The van der Waals surface area contributed by atoms with Gasteiger partial charge in [-0.25, -0.2) is 0 Å². The van der Waals surface area contributed by atoms with Crippen LogP contribution in [-0.2, 0) is 0 Å². The van der Waals surface area contributed by atoms with Gasteiger partial charge < -0.3 is 5.11 Å². The average molecular weight is 183 g/mol. The molecule has 1 N–H and O–H groups in total. The fourth-order valence-corrected chi connectivity index (χ4v) is 1.80. The standard InChI is InChI=1S/C11H21NO/c1-9(2)6-7-12-8-11(13)5-4-10(12)3/h10-11,13H,1,4-8H2,2-3H3/t10-,11-/m1/s1. The van der Waals surface area contributed by atoms with Crippen molar-refractivity contribution < 1.29 is 5.11 Å². The summed E-state index contributed by atoms with van der Waals surface area (Å²) >= 11 is 0. The maximum Gasteiger partial charge on any atom is 0.0667 e. The fraction of sp³-hybridized carbons (Fsp3) is 0.818. The zero-order chi connectivity index (χ0) is 9.84. The summed E-state index contributed by atoms with van der Waals surface area (Å²) in [6.07, 6.45) is 3.03. The first kappa shape index (κ1) is 10.7. The smallest absolute Gasteiger partial charge is 0.0667 e. The summed E-state index contributed by atoms with van der Waals surface area (Å²) in [5.41, 5.74) is 1.23. The molecule has 13 heavy (non-hydrogen) atoms. The Hall–Kier alpha value is -0.340. The van der Waals surface area contributed by atoms with Gasteiger partial charge in [0.05, 0.1) is 6.10 Å². The second kappa shape index (κ2) is 4.77. The van der Waals surface area contributed by atoms with Crippen molar-refractivity contribution in [1.29, 1.82) is 0 Å². The molecule has 0 aromatic rings. The molecule has 1 fully saturated rings. The van der Waals surface area contributed by atoms with Crippen LogP contribution in [0.15, 0.2) is 12.2 Å². The van der Waals surface area contributed by atoms with Crippen LogP contribution in [0, 0.1) is 0 Å². The lowest BCUT2D eigenvalue weighted by atomic mass is 10.0.